The number of rotatable bonds is 7. The van der Waals surface area contributed by atoms with Crippen molar-refractivity contribution < 1.29 is 4.79 Å². The van der Waals surface area contributed by atoms with Crippen LogP contribution in [-0.4, -0.2) is 17.3 Å². The molecule has 0 unspecified atom stereocenters. The minimum atomic E-state index is 0.0328. The molecule has 0 atom stereocenters. The van der Waals surface area contributed by atoms with Gasteiger partial charge in [-0.15, -0.1) is 0 Å². The molecule has 1 heterocycles. The normalized spacial score (nSPS) is 10.5. The summed E-state index contributed by atoms with van der Waals surface area (Å²) in [7, 11) is 0. The summed E-state index contributed by atoms with van der Waals surface area (Å²) in [6, 6.07) is 17.2. The minimum Gasteiger partial charge on any atom is -0.385 e. The zero-order valence-corrected chi connectivity index (χ0v) is 15.6. The number of Topliss-reactive ketones (excluding diaryl/α,β-unsaturated/α-hetero) is 1. The summed E-state index contributed by atoms with van der Waals surface area (Å²) < 4.78 is 0. The molecular formula is C21H18Cl2N2O. The molecule has 0 aliphatic heterocycles. The lowest BCUT2D eigenvalue weighted by atomic mass is 10.1. The van der Waals surface area contributed by atoms with E-state index in [1.165, 1.54) is 11.1 Å². The van der Waals surface area contributed by atoms with Crippen LogP contribution in [0, 0.1) is 0 Å². The van der Waals surface area contributed by atoms with Crippen LogP contribution in [0.25, 0.3) is 0 Å². The van der Waals surface area contributed by atoms with Gasteiger partial charge >= 0.3 is 0 Å². The van der Waals surface area contributed by atoms with Crippen LogP contribution in [-0.2, 0) is 6.42 Å². The number of hydrogen-bond acceptors (Lipinski definition) is 3. The maximum absolute atomic E-state index is 12.2. The molecule has 5 heteroatoms. The van der Waals surface area contributed by atoms with Gasteiger partial charge in [0, 0.05) is 36.6 Å². The van der Waals surface area contributed by atoms with Gasteiger partial charge in [-0.3, -0.25) is 9.78 Å². The van der Waals surface area contributed by atoms with Gasteiger partial charge in [0.1, 0.15) is 0 Å². The standard InChI is InChI=1S/C21H18Cl2N2O/c22-19-6-3-17(14-20(19)23)21(26)9-12-25-18-4-1-15(2-5-18)13-16-7-10-24-11-8-16/h1-8,10-11,14,25H,9,12-13H2. The highest BCUT2D eigenvalue weighted by Crippen LogP contribution is 2.23. The van der Waals surface area contributed by atoms with E-state index in [4.69, 9.17) is 23.2 Å². The molecule has 0 aliphatic carbocycles. The van der Waals surface area contributed by atoms with Gasteiger partial charge in [-0.05, 0) is 60.0 Å². The molecule has 0 saturated heterocycles. The van der Waals surface area contributed by atoms with E-state index in [0.717, 1.165) is 12.1 Å². The predicted octanol–water partition coefficient (Wildman–Crippen LogP) is 5.66. The first-order chi connectivity index (χ1) is 12.6. The van der Waals surface area contributed by atoms with Gasteiger partial charge in [-0.2, -0.15) is 0 Å². The number of ketones is 1. The molecular weight excluding hydrogens is 367 g/mol. The van der Waals surface area contributed by atoms with Crippen LogP contribution >= 0.6 is 23.2 Å². The number of benzene rings is 2. The van der Waals surface area contributed by atoms with Crippen LogP contribution < -0.4 is 5.32 Å². The molecule has 132 valence electrons. The van der Waals surface area contributed by atoms with Crippen LogP contribution in [0.2, 0.25) is 10.0 Å². The molecule has 3 rings (SSSR count). The van der Waals surface area contributed by atoms with Gasteiger partial charge < -0.3 is 5.32 Å². The summed E-state index contributed by atoms with van der Waals surface area (Å²) in [4.78, 5) is 16.2. The van der Waals surface area contributed by atoms with Gasteiger partial charge in [0.2, 0.25) is 0 Å². The van der Waals surface area contributed by atoms with E-state index in [1.807, 2.05) is 24.3 Å². The number of nitrogens with one attached hydrogen (secondary N) is 1. The van der Waals surface area contributed by atoms with E-state index in [-0.39, 0.29) is 5.78 Å². The average Bonchev–Trinajstić information content (AvgIpc) is 2.66. The molecule has 0 amide bonds. The molecule has 0 aliphatic rings. The van der Waals surface area contributed by atoms with Crippen LogP contribution in [0.1, 0.15) is 27.9 Å². The fraction of sp³-hybridized carbons (Fsp3) is 0.143. The second-order valence-electron chi connectivity index (χ2n) is 5.96. The summed E-state index contributed by atoms with van der Waals surface area (Å²) in [6.45, 7) is 0.558. The monoisotopic (exact) mass is 384 g/mol. The smallest absolute Gasteiger partial charge is 0.164 e. The number of carbonyl (C=O) groups excluding carboxylic acids is 1. The van der Waals surface area contributed by atoms with E-state index < -0.39 is 0 Å². The van der Waals surface area contributed by atoms with E-state index >= 15 is 0 Å². The van der Waals surface area contributed by atoms with Crippen molar-refractivity contribution in [1.82, 2.24) is 4.98 Å². The second-order valence-corrected chi connectivity index (χ2v) is 6.77. The Morgan fingerprint density at radius 1 is 0.885 bits per heavy atom. The number of aromatic nitrogens is 1. The Hall–Kier alpha value is -2.36. The van der Waals surface area contributed by atoms with Crippen molar-refractivity contribution >= 4 is 34.7 Å². The van der Waals surface area contributed by atoms with E-state index in [0.29, 0.717) is 28.6 Å². The van der Waals surface area contributed by atoms with Crippen molar-refractivity contribution in [1.29, 1.82) is 0 Å². The molecule has 0 saturated carbocycles. The molecule has 0 spiro atoms. The first-order valence-electron chi connectivity index (χ1n) is 8.32. The van der Waals surface area contributed by atoms with E-state index in [9.17, 15) is 4.79 Å². The Balaban J connectivity index is 1.50. The third-order valence-electron chi connectivity index (χ3n) is 4.03. The highest BCUT2D eigenvalue weighted by atomic mass is 35.5. The predicted molar refractivity (Wildman–Crippen MR) is 107 cm³/mol. The van der Waals surface area contributed by atoms with Gasteiger partial charge in [-0.25, -0.2) is 0 Å². The van der Waals surface area contributed by atoms with Crippen LogP contribution in [0.5, 0.6) is 0 Å². The van der Waals surface area contributed by atoms with Crippen LogP contribution in [0.3, 0.4) is 0 Å². The largest absolute Gasteiger partial charge is 0.385 e. The molecule has 1 aromatic heterocycles. The topological polar surface area (TPSA) is 42.0 Å². The van der Waals surface area contributed by atoms with Gasteiger partial charge in [0.25, 0.3) is 0 Å². The van der Waals surface area contributed by atoms with Crippen molar-refractivity contribution in [3.05, 3.63) is 93.7 Å². The summed E-state index contributed by atoms with van der Waals surface area (Å²) in [6.07, 6.45) is 4.86. The number of hydrogen-bond donors (Lipinski definition) is 1. The SMILES string of the molecule is O=C(CCNc1ccc(Cc2ccncc2)cc1)c1ccc(Cl)c(Cl)c1. The molecule has 3 nitrogen and oxygen atoms in total. The minimum absolute atomic E-state index is 0.0328. The maximum atomic E-state index is 12.2. The quantitative estimate of drug-likeness (QED) is 0.534. The second kappa shape index (κ2) is 8.84. The number of nitrogens with zero attached hydrogens (tertiary/aromatic N) is 1. The zero-order chi connectivity index (χ0) is 18.4. The first kappa shape index (κ1) is 18.4. The van der Waals surface area contributed by atoms with Crippen LogP contribution in [0.15, 0.2) is 67.0 Å². The molecule has 0 radical (unpaired) electrons. The Morgan fingerprint density at radius 3 is 2.27 bits per heavy atom. The number of halogens is 2. The van der Waals surface area contributed by atoms with Gasteiger partial charge in [-0.1, -0.05) is 35.3 Å². The van der Waals surface area contributed by atoms with Gasteiger partial charge in [0.05, 0.1) is 10.0 Å². The highest BCUT2D eigenvalue weighted by Gasteiger charge is 2.08. The van der Waals surface area contributed by atoms with Crippen LogP contribution in [0.4, 0.5) is 5.69 Å². The first-order valence-corrected chi connectivity index (χ1v) is 9.07. The third-order valence-corrected chi connectivity index (χ3v) is 4.77. The van der Waals surface area contributed by atoms with Gasteiger partial charge in [0.15, 0.2) is 5.78 Å². The molecule has 26 heavy (non-hydrogen) atoms. The Bertz CT molecular complexity index is 880. The van der Waals surface area contributed by atoms with Crippen molar-refractivity contribution in [2.45, 2.75) is 12.8 Å². The summed E-state index contributed by atoms with van der Waals surface area (Å²) in [5.41, 5.74) is 4.03. The third kappa shape index (κ3) is 5.07. The highest BCUT2D eigenvalue weighted by molar-refractivity contribution is 6.42. The van der Waals surface area contributed by atoms with Crippen molar-refractivity contribution in [2.75, 3.05) is 11.9 Å². The average molecular weight is 385 g/mol. The fourth-order valence-corrected chi connectivity index (χ4v) is 2.91. The van der Waals surface area contributed by atoms with E-state index in [2.05, 4.69) is 22.4 Å². The summed E-state index contributed by atoms with van der Waals surface area (Å²) >= 11 is 11.8. The Morgan fingerprint density at radius 2 is 1.58 bits per heavy atom. The van der Waals surface area contributed by atoms with Crippen molar-refractivity contribution in [3.8, 4) is 0 Å². The lowest BCUT2D eigenvalue weighted by Gasteiger charge is -2.08. The lowest BCUT2D eigenvalue weighted by Crippen LogP contribution is -2.09. The molecule has 1 N–H and O–H groups in total. The zero-order valence-electron chi connectivity index (χ0n) is 14.1. The lowest BCUT2D eigenvalue weighted by molar-refractivity contribution is 0.0986. The van der Waals surface area contributed by atoms with Crippen molar-refractivity contribution in [2.24, 2.45) is 0 Å². The van der Waals surface area contributed by atoms with E-state index in [1.54, 1.807) is 30.6 Å². The molecule has 3 aromatic rings. The number of pyridine rings is 1. The summed E-state index contributed by atoms with van der Waals surface area (Å²) in [5, 5.41) is 4.12. The Labute approximate surface area is 163 Å². The molecule has 0 fully saturated rings. The maximum Gasteiger partial charge on any atom is 0.164 e. The molecule has 2 aromatic carbocycles. The number of carbonyl (C=O) groups is 1. The summed E-state index contributed by atoms with van der Waals surface area (Å²) in [5.74, 6) is 0.0328. The molecule has 0 bridgehead atoms. The fourth-order valence-electron chi connectivity index (χ4n) is 2.61. The van der Waals surface area contributed by atoms with Crippen molar-refractivity contribution in [3.63, 3.8) is 0 Å². The number of anilines is 1. The Kier molecular flexibility index (Phi) is 6.26.